The molecule has 1 aromatic heterocycles. The van der Waals surface area contributed by atoms with E-state index in [4.69, 9.17) is 15.7 Å². The second kappa shape index (κ2) is 8.25. The van der Waals surface area contributed by atoms with E-state index in [0.29, 0.717) is 23.8 Å². The molecule has 0 unspecified atom stereocenters. The number of ether oxygens (including phenoxy) is 1. The van der Waals surface area contributed by atoms with Crippen LogP contribution in [0.1, 0.15) is 26.5 Å². The third-order valence-electron chi connectivity index (χ3n) is 4.49. The quantitative estimate of drug-likeness (QED) is 0.776. The Hall–Kier alpha value is -3.86. The molecule has 0 fully saturated rings. The van der Waals surface area contributed by atoms with Crippen molar-refractivity contribution >= 4 is 11.7 Å². The van der Waals surface area contributed by atoms with E-state index in [9.17, 15) is 9.18 Å². The third-order valence-corrected chi connectivity index (χ3v) is 4.49. The number of halogens is 1. The highest BCUT2D eigenvalue weighted by Crippen LogP contribution is 2.32. The number of primary amides is 1. The normalized spacial score (nSPS) is 13.8. The van der Waals surface area contributed by atoms with Crippen molar-refractivity contribution < 1.29 is 13.9 Å². The molecule has 1 aromatic carbocycles. The van der Waals surface area contributed by atoms with Crippen LogP contribution in [-0.2, 0) is 0 Å². The lowest BCUT2D eigenvalue weighted by molar-refractivity contribution is 0.224. The number of hydrogen-bond acceptors (Lipinski definition) is 5. The van der Waals surface area contributed by atoms with Crippen molar-refractivity contribution in [1.29, 1.82) is 5.26 Å². The van der Waals surface area contributed by atoms with E-state index < -0.39 is 11.8 Å². The molecule has 8 heteroatoms. The number of carbonyl (C=O) groups excluding carboxylic acids is 1. The number of aromatic nitrogens is 1. The number of hydrogen-bond donors (Lipinski definition) is 2. The molecule has 0 saturated carbocycles. The zero-order valence-electron chi connectivity index (χ0n) is 16.9. The van der Waals surface area contributed by atoms with Crippen LogP contribution < -0.4 is 15.8 Å². The number of urea groups is 1. The minimum Gasteiger partial charge on any atom is -0.454 e. The number of carbonyl (C=O) groups is 1. The summed E-state index contributed by atoms with van der Waals surface area (Å²) < 4.78 is 20.1. The summed E-state index contributed by atoms with van der Waals surface area (Å²) in [7, 11) is 0. The molecular formula is C22H22FN5O2. The van der Waals surface area contributed by atoms with Gasteiger partial charge in [0.25, 0.3) is 0 Å². The van der Waals surface area contributed by atoms with Crippen molar-refractivity contribution in [1.82, 2.24) is 9.88 Å². The Balaban J connectivity index is 1.83. The molecule has 3 N–H and O–H groups in total. The van der Waals surface area contributed by atoms with Gasteiger partial charge in [-0.1, -0.05) is 26.8 Å². The minimum atomic E-state index is -0.607. The van der Waals surface area contributed by atoms with Crippen LogP contribution in [0.2, 0.25) is 0 Å². The van der Waals surface area contributed by atoms with Crippen LogP contribution in [0.5, 0.6) is 11.5 Å². The Morgan fingerprint density at radius 1 is 1.33 bits per heavy atom. The molecular weight excluding hydrogens is 385 g/mol. The molecule has 154 valence electrons. The van der Waals surface area contributed by atoms with Crippen molar-refractivity contribution in [3.05, 3.63) is 71.6 Å². The molecule has 0 aliphatic carbocycles. The Morgan fingerprint density at radius 2 is 2.10 bits per heavy atom. The van der Waals surface area contributed by atoms with Crippen LogP contribution in [0.3, 0.4) is 0 Å². The average molecular weight is 407 g/mol. The Bertz CT molecular complexity index is 1080. The van der Waals surface area contributed by atoms with Gasteiger partial charge in [-0.15, -0.1) is 0 Å². The van der Waals surface area contributed by atoms with E-state index in [0.717, 1.165) is 5.57 Å². The Kier molecular flexibility index (Phi) is 5.74. The first kappa shape index (κ1) is 20.9. The lowest BCUT2D eigenvalue weighted by Gasteiger charge is -2.31. The SMILES string of the molecule is CC(C)(C)C1=CCN(C(N)=O)C(Nc2ccc(Oc3ccnc(C#N)c3)c(F)c2)=C1. The monoisotopic (exact) mass is 407 g/mol. The number of pyridine rings is 1. The summed E-state index contributed by atoms with van der Waals surface area (Å²) in [4.78, 5) is 17.0. The number of nitrogens with zero attached hydrogens (tertiary/aromatic N) is 3. The molecule has 1 aliphatic rings. The average Bonchev–Trinajstić information content (AvgIpc) is 2.69. The summed E-state index contributed by atoms with van der Waals surface area (Å²) in [5, 5.41) is 12.0. The second-order valence-corrected chi connectivity index (χ2v) is 7.75. The van der Waals surface area contributed by atoms with E-state index in [1.54, 1.807) is 6.07 Å². The summed E-state index contributed by atoms with van der Waals surface area (Å²) in [6.45, 7) is 6.52. The van der Waals surface area contributed by atoms with Gasteiger partial charge < -0.3 is 15.8 Å². The van der Waals surface area contributed by atoms with Gasteiger partial charge in [0.1, 0.15) is 23.3 Å². The van der Waals surface area contributed by atoms with E-state index in [1.165, 1.54) is 35.4 Å². The topological polar surface area (TPSA) is 104 Å². The zero-order chi connectivity index (χ0) is 21.9. The lowest BCUT2D eigenvalue weighted by atomic mass is 9.85. The van der Waals surface area contributed by atoms with Crippen LogP contribution in [-0.4, -0.2) is 22.5 Å². The van der Waals surface area contributed by atoms with E-state index in [1.807, 2.05) is 18.2 Å². The predicted molar refractivity (Wildman–Crippen MR) is 111 cm³/mol. The van der Waals surface area contributed by atoms with E-state index >= 15 is 0 Å². The highest BCUT2D eigenvalue weighted by atomic mass is 19.1. The zero-order valence-corrected chi connectivity index (χ0v) is 16.9. The van der Waals surface area contributed by atoms with Crippen molar-refractivity contribution in [2.45, 2.75) is 20.8 Å². The molecule has 2 heterocycles. The molecule has 0 saturated heterocycles. The Labute approximate surface area is 174 Å². The first-order valence-electron chi connectivity index (χ1n) is 9.27. The van der Waals surface area contributed by atoms with Crippen LogP contribution in [0, 0.1) is 22.6 Å². The lowest BCUT2D eigenvalue weighted by Crippen LogP contribution is -2.40. The van der Waals surface area contributed by atoms with Crippen molar-refractivity contribution in [2.24, 2.45) is 11.1 Å². The van der Waals surface area contributed by atoms with E-state index in [-0.39, 0.29) is 16.9 Å². The van der Waals surface area contributed by atoms with Gasteiger partial charge in [-0.05, 0) is 35.3 Å². The van der Waals surface area contributed by atoms with Gasteiger partial charge in [0, 0.05) is 30.6 Å². The van der Waals surface area contributed by atoms with Crippen LogP contribution in [0.4, 0.5) is 14.9 Å². The second-order valence-electron chi connectivity index (χ2n) is 7.75. The molecule has 7 nitrogen and oxygen atoms in total. The van der Waals surface area contributed by atoms with Crippen LogP contribution >= 0.6 is 0 Å². The summed E-state index contributed by atoms with van der Waals surface area (Å²) in [5.41, 5.74) is 7.00. The predicted octanol–water partition coefficient (Wildman–Crippen LogP) is 4.50. The number of rotatable bonds is 4. The molecule has 0 radical (unpaired) electrons. The molecule has 2 amide bonds. The number of anilines is 1. The van der Waals surface area contributed by atoms with Crippen molar-refractivity contribution in [3.8, 4) is 17.6 Å². The first-order chi connectivity index (χ1) is 14.2. The summed E-state index contributed by atoms with van der Waals surface area (Å²) in [6.07, 6.45) is 5.19. The van der Waals surface area contributed by atoms with Gasteiger partial charge in [-0.2, -0.15) is 5.26 Å². The van der Waals surface area contributed by atoms with Crippen LogP contribution in [0.25, 0.3) is 0 Å². The minimum absolute atomic E-state index is 0.00435. The number of allylic oxidation sites excluding steroid dienone is 2. The van der Waals surface area contributed by atoms with Crippen molar-refractivity contribution in [3.63, 3.8) is 0 Å². The molecule has 0 spiro atoms. The fourth-order valence-electron chi connectivity index (χ4n) is 2.88. The van der Waals surface area contributed by atoms with Gasteiger partial charge in [-0.25, -0.2) is 14.2 Å². The largest absolute Gasteiger partial charge is 0.454 e. The standard InChI is InChI=1S/C22H22FN5O2/c1-22(2,3)14-7-9-28(21(25)29)20(10-14)27-15-4-5-19(18(23)12-15)30-17-6-8-26-16(11-17)13-24/h4-8,10-12,27H,9H2,1-3H3,(H2,25,29). The highest BCUT2D eigenvalue weighted by Gasteiger charge is 2.24. The Morgan fingerprint density at radius 3 is 2.73 bits per heavy atom. The first-order valence-corrected chi connectivity index (χ1v) is 9.27. The fraction of sp³-hybridized carbons (Fsp3) is 0.227. The summed E-state index contributed by atoms with van der Waals surface area (Å²) in [6, 6.07) is 8.59. The van der Waals surface area contributed by atoms with Gasteiger partial charge in [0.2, 0.25) is 0 Å². The van der Waals surface area contributed by atoms with Crippen molar-refractivity contribution in [2.75, 3.05) is 11.9 Å². The number of nitriles is 1. The fourth-order valence-corrected chi connectivity index (χ4v) is 2.88. The molecule has 2 aromatic rings. The van der Waals surface area contributed by atoms with Crippen LogP contribution in [0.15, 0.2) is 60.1 Å². The third kappa shape index (κ3) is 4.75. The van der Waals surface area contributed by atoms with E-state index in [2.05, 4.69) is 31.1 Å². The number of benzene rings is 1. The molecule has 3 rings (SSSR count). The maximum atomic E-state index is 14.6. The number of nitrogens with two attached hydrogens (primary N) is 1. The molecule has 0 bridgehead atoms. The number of amides is 2. The maximum absolute atomic E-state index is 14.6. The summed E-state index contributed by atoms with van der Waals surface area (Å²) in [5.74, 6) is 0.158. The van der Waals surface area contributed by atoms with Gasteiger partial charge >= 0.3 is 6.03 Å². The van der Waals surface area contributed by atoms with Gasteiger partial charge in [0.15, 0.2) is 11.6 Å². The molecule has 30 heavy (non-hydrogen) atoms. The van der Waals surface area contributed by atoms with Gasteiger partial charge in [-0.3, -0.25) is 4.90 Å². The highest BCUT2D eigenvalue weighted by molar-refractivity contribution is 5.76. The summed E-state index contributed by atoms with van der Waals surface area (Å²) >= 11 is 0. The smallest absolute Gasteiger partial charge is 0.320 e. The molecule has 0 atom stereocenters. The number of nitrogens with one attached hydrogen (secondary N) is 1. The molecule has 1 aliphatic heterocycles. The maximum Gasteiger partial charge on any atom is 0.320 e. The van der Waals surface area contributed by atoms with Gasteiger partial charge in [0.05, 0.1) is 0 Å².